The molecule has 4 heteroatoms. The lowest BCUT2D eigenvalue weighted by Gasteiger charge is -2.01. The highest BCUT2D eigenvalue weighted by Crippen LogP contribution is 2.20. The number of aryl methyl sites for hydroxylation is 1. The van der Waals surface area contributed by atoms with E-state index < -0.39 is 0 Å². The molecule has 2 rings (SSSR count). The molecule has 74 valence electrons. The third kappa shape index (κ3) is 1.32. The second-order valence-corrected chi connectivity index (χ2v) is 3.44. The van der Waals surface area contributed by atoms with Gasteiger partial charge in [-0.3, -0.25) is 0 Å². The molecule has 0 saturated heterocycles. The molecule has 0 fully saturated rings. The number of fused-ring (bicyclic) bond motifs is 1. The monoisotopic (exact) mass is 208 g/mol. The maximum absolute atomic E-state index is 5.20. The van der Waals surface area contributed by atoms with Crippen LogP contribution in [-0.4, -0.2) is 16.7 Å². The van der Waals surface area contributed by atoms with Crippen LogP contribution in [0.3, 0.4) is 0 Å². The summed E-state index contributed by atoms with van der Waals surface area (Å²) in [6.07, 6.45) is 0. The molecule has 0 aliphatic heterocycles. The fraction of sp³-hybridized carbons (Fsp3) is 0.300. The Kier molecular flexibility index (Phi) is 2.29. The zero-order valence-corrected chi connectivity index (χ0v) is 9.02. The minimum Gasteiger partial charge on any atom is -0.497 e. The van der Waals surface area contributed by atoms with Gasteiger partial charge in [0.25, 0.3) is 0 Å². The third-order valence-corrected chi connectivity index (χ3v) is 2.62. The van der Waals surface area contributed by atoms with Gasteiger partial charge in [0, 0.05) is 12.6 Å². The van der Waals surface area contributed by atoms with E-state index in [1.54, 1.807) is 7.11 Å². The highest BCUT2D eigenvalue weighted by atomic mass is 32.1. The molecule has 0 unspecified atom stereocenters. The molecule has 0 amide bonds. The standard InChI is InChI=1S/C10H12N2OS/c1-3-12-9-6-7(13-2)4-5-8(9)11-10(12)14/h4-6H,3H2,1-2H3,(H,11,14). The zero-order chi connectivity index (χ0) is 10.1. The first-order chi connectivity index (χ1) is 6.76. The molecule has 1 heterocycles. The predicted octanol–water partition coefficient (Wildman–Crippen LogP) is 2.73. The highest BCUT2D eigenvalue weighted by molar-refractivity contribution is 7.71. The van der Waals surface area contributed by atoms with Crippen molar-refractivity contribution in [3.8, 4) is 5.75 Å². The van der Waals surface area contributed by atoms with Gasteiger partial charge in [-0.05, 0) is 31.3 Å². The van der Waals surface area contributed by atoms with Gasteiger partial charge in [-0.1, -0.05) is 0 Å². The Labute approximate surface area is 87.3 Å². The molecule has 0 radical (unpaired) electrons. The van der Waals surface area contributed by atoms with E-state index in [4.69, 9.17) is 17.0 Å². The maximum atomic E-state index is 5.20. The SMILES string of the molecule is CCn1c(=S)[nH]c2ccc(OC)cc21. The fourth-order valence-electron chi connectivity index (χ4n) is 1.57. The van der Waals surface area contributed by atoms with Crippen LogP contribution in [0.5, 0.6) is 5.75 Å². The highest BCUT2D eigenvalue weighted by Gasteiger charge is 2.03. The van der Waals surface area contributed by atoms with E-state index in [1.807, 2.05) is 22.8 Å². The smallest absolute Gasteiger partial charge is 0.178 e. The van der Waals surface area contributed by atoms with Crippen LogP contribution in [-0.2, 0) is 6.54 Å². The number of hydrogen-bond acceptors (Lipinski definition) is 2. The Morgan fingerprint density at radius 3 is 2.93 bits per heavy atom. The third-order valence-electron chi connectivity index (χ3n) is 2.30. The summed E-state index contributed by atoms with van der Waals surface area (Å²) in [4.78, 5) is 3.15. The van der Waals surface area contributed by atoms with Crippen molar-refractivity contribution >= 4 is 23.3 Å². The molecular formula is C10H12N2OS. The number of aromatic nitrogens is 2. The molecular weight excluding hydrogens is 196 g/mol. The largest absolute Gasteiger partial charge is 0.497 e. The van der Waals surface area contributed by atoms with Crippen LogP contribution >= 0.6 is 12.2 Å². The summed E-state index contributed by atoms with van der Waals surface area (Å²) in [5.74, 6) is 0.855. The van der Waals surface area contributed by atoms with Crippen LogP contribution in [0.25, 0.3) is 11.0 Å². The molecule has 2 aromatic rings. The summed E-state index contributed by atoms with van der Waals surface area (Å²) >= 11 is 5.20. The quantitative estimate of drug-likeness (QED) is 0.769. The number of aromatic amines is 1. The van der Waals surface area contributed by atoms with Gasteiger partial charge in [0.1, 0.15) is 5.75 Å². The van der Waals surface area contributed by atoms with Gasteiger partial charge in [0.2, 0.25) is 0 Å². The summed E-state index contributed by atoms with van der Waals surface area (Å²) in [6.45, 7) is 2.94. The van der Waals surface area contributed by atoms with Gasteiger partial charge in [0.15, 0.2) is 4.77 Å². The second kappa shape index (κ2) is 3.46. The first-order valence-corrected chi connectivity index (χ1v) is 4.93. The van der Waals surface area contributed by atoms with E-state index >= 15 is 0 Å². The van der Waals surface area contributed by atoms with Crippen LogP contribution in [0.2, 0.25) is 0 Å². The number of nitrogens with one attached hydrogen (secondary N) is 1. The number of hydrogen-bond donors (Lipinski definition) is 1. The minimum atomic E-state index is 0.760. The van der Waals surface area contributed by atoms with Crippen LogP contribution in [0.4, 0.5) is 0 Å². The number of benzene rings is 1. The Morgan fingerprint density at radius 1 is 1.50 bits per heavy atom. The van der Waals surface area contributed by atoms with Crippen LogP contribution < -0.4 is 4.74 Å². The molecule has 1 N–H and O–H groups in total. The number of nitrogens with zero attached hydrogens (tertiary/aromatic N) is 1. The maximum Gasteiger partial charge on any atom is 0.178 e. The number of rotatable bonds is 2. The van der Waals surface area contributed by atoms with E-state index in [0.29, 0.717) is 0 Å². The average molecular weight is 208 g/mol. The normalized spacial score (nSPS) is 10.7. The van der Waals surface area contributed by atoms with Crippen molar-refractivity contribution in [3.05, 3.63) is 23.0 Å². The van der Waals surface area contributed by atoms with Gasteiger partial charge in [-0.2, -0.15) is 0 Å². The van der Waals surface area contributed by atoms with E-state index in [-0.39, 0.29) is 0 Å². The number of imidazole rings is 1. The minimum absolute atomic E-state index is 0.760. The predicted molar refractivity (Wildman–Crippen MR) is 59.3 cm³/mol. The molecule has 14 heavy (non-hydrogen) atoms. The zero-order valence-electron chi connectivity index (χ0n) is 8.20. The lowest BCUT2D eigenvalue weighted by molar-refractivity contribution is 0.415. The van der Waals surface area contributed by atoms with Crippen molar-refractivity contribution in [3.63, 3.8) is 0 Å². The van der Waals surface area contributed by atoms with Crippen LogP contribution in [0, 0.1) is 4.77 Å². The lowest BCUT2D eigenvalue weighted by atomic mass is 10.3. The summed E-state index contributed by atoms with van der Waals surface area (Å²) in [5, 5.41) is 0. The number of H-pyrrole nitrogens is 1. The molecule has 0 atom stereocenters. The van der Waals surface area contributed by atoms with Gasteiger partial charge in [-0.25, -0.2) is 0 Å². The van der Waals surface area contributed by atoms with E-state index in [1.165, 1.54) is 0 Å². The molecule has 0 saturated carbocycles. The van der Waals surface area contributed by atoms with E-state index in [0.717, 1.165) is 28.1 Å². The molecule has 0 bridgehead atoms. The van der Waals surface area contributed by atoms with Crippen molar-refractivity contribution in [2.24, 2.45) is 0 Å². The Bertz CT molecular complexity index is 512. The van der Waals surface area contributed by atoms with Gasteiger partial charge >= 0.3 is 0 Å². The first-order valence-electron chi connectivity index (χ1n) is 4.53. The van der Waals surface area contributed by atoms with E-state index in [2.05, 4.69) is 11.9 Å². The molecule has 3 nitrogen and oxygen atoms in total. The van der Waals surface area contributed by atoms with Crippen LogP contribution in [0.1, 0.15) is 6.92 Å². The summed E-state index contributed by atoms with van der Waals surface area (Å²) < 4.78 is 7.98. The first kappa shape index (κ1) is 9.27. The fourth-order valence-corrected chi connectivity index (χ4v) is 1.91. The van der Waals surface area contributed by atoms with Crippen molar-refractivity contribution in [1.29, 1.82) is 0 Å². The van der Waals surface area contributed by atoms with Crippen LogP contribution in [0.15, 0.2) is 18.2 Å². The van der Waals surface area contributed by atoms with Crippen molar-refractivity contribution in [2.75, 3.05) is 7.11 Å². The molecule has 0 aliphatic carbocycles. The summed E-state index contributed by atoms with van der Waals surface area (Å²) in [7, 11) is 1.67. The van der Waals surface area contributed by atoms with Crippen molar-refractivity contribution < 1.29 is 4.74 Å². The van der Waals surface area contributed by atoms with E-state index in [9.17, 15) is 0 Å². The van der Waals surface area contributed by atoms with Gasteiger partial charge in [-0.15, -0.1) is 0 Å². The summed E-state index contributed by atoms with van der Waals surface area (Å²) in [5.41, 5.74) is 2.15. The van der Waals surface area contributed by atoms with Gasteiger partial charge in [0.05, 0.1) is 18.1 Å². The molecule has 0 aliphatic rings. The van der Waals surface area contributed by atoms with Crippen molar-refractivity contribution in [1.82, 2.24) is 9.55 Å². The number of methoxy groups -OCH3 is 1. The molecule has 1 aromatic heterocycles. The lowest BCUT2D eigenvalue weighted by Crippen LogP contribution is -1.93. The Hall–Kier alpha value is -1.29. The topological polar surface area (TPSA) is 29.9 Å². The molecule has 0 spiro atoms. The number of ether oxygens (including phenoxy) is 1. The Morgan fingerprint density at radius 2 is 2.29 bits per heavy atom. The average Bonchev–Trinajstić information content (AvgIpc) is 2.52. The van der Waals surface area contributed by atoms with Crippen molar-refractivity contribution in [2.45, 2.75) is 13.5 Å². The summed E-state index contributed by atoms with van der Waals surface area (Å²) in [6, 6.07) is 5.90. The Balaban J connectivity index is 2.77. The van der Waals surface area contributed by atoms with Gasteiger partial charge < -0.3 is 14.3 Å². The molecule has 1 aromatic carbocycles. The second-order valence-electron chi connectivity index (χ2n) is 3.06.